The number of nitrogens with zero attached hydrogens (tertiary/aromatic N) is 2. The van der Waals surface area contributed by atoms with Crippen LogP contribution in [0.15, 0.2) is 24.3 Å². The number of hydrogen-bond acceptors (Lipinski definition) is 5. The van der Waals surface area contributed by atoms with Crippen molar-refractivity contribution in [1.29, 1.82) is 0 Å². The number of aliphatic hydroxyl groups excluding tert-OH is 1. The van der Waals surface area contributed by atoms with Crippen molar-refractivity contribution in [3.63, 3.8) is 0 Å². The number of hydrogen-bond donors (Lipinski definition) is 2. The van der Waals surface area contributed by atoms with Gasteiger partial charge in [-0.15, -0.1) is 13.2 Å². The molecule has 2 aliphatic rings. The maximum atomic E-state index is 12.7. The number of benzene rings is 1. The van der Waals surface area contributed by atoms with Gasteiger partial charge in [0.1, 0.15) is 11.8 Å². The second kappa shape index (κ2) is 8.67. The van der Waals surface area contributed by atoms with Crippen molar-refractivity contribution in [2.24, 2.45) is 0 Å². The molecular weight excluding hydrogens is 375 g/mol. The molecule has 0 unspecified atom stereocenters. The van der Waals surface area contributed by atoms with Gasteiger partial charge >= 0.3 is 6.36 Å². The van der Waals surface area contributed by atoms with Crippen LogP contribution in [0.5, 0.6) is 5.75 Å². The van der Waals surface area contributed by atoms with Crippen molar-refractivity contribution in [2.75, 3.05) is 26.7 Å². The Morgan fingerprint density at radius 1 is 1.36 bits per heavy atom. The Hall–Kier alpha value is -1.84. The second-order valence-corrected chi connectivity index (χ2v) is 7.40. The molecule has 0 spiro atoms. The van der Waals surface area contributed by atoms with Crippen molar-refractivity contribution in [3.8, 4) is 5.75 Å². The van der Waals surface area contributed by atoms with E-state index in [0.29, 0.717) is 31.6 Å². The Bertz CT molecular complexity index is 686. The van der Waals surface area contributed by atoms with Gasteiger partial charge in [0.05, 0.1) is 0 Å². The van der Waals surface area contributed by atoms with Gasteiger partial charge < -0.3 is 15.2 Å². The molecule has 2 heterocycles. The van der Waals surface area contributed by atoms with Crippen LogP contribution in [-0.2, 0) is 11.3 Å². The molecule has 2 saturated heterocycles. The highest BCUT2D eigenvalue weighted by atomic mass is 19.4. The van der Waals surface area contributed by atoms with E-state index in [4.69, 9.17) is 5.11 Å². The van der Waals surface area contributed by atoms with E-state index in [1.807, 2.05) is 11.9 Å². The maximum Gasteiger partial charge on any atom is 0.573 e. The summed E-state index contributed by atoms with van der Waals surface area (Å²) in [5.41, 5.74) is 0.666. The van der Waals surface area contributed by atoms with Crippen LogP contribution < -0.4 is 10.1 Å². The third kappa shape index (κ3) is 4.95. The summed E-state index contributed by atoms with van der Waals surface area (Å²) in [6, 6.07) is 5.74. The summed E-state index contributed by atoms with van der Waals surface area (Å²) >= 11 is 0. The van der Waals surface area contributed by atoms with Crippen molar-refractivity contribution < 1.29 is 27.8 Å². The summed E-state index contributed by atoms with van der Waals surface area (Å²) in [6.07, 6.45) is -2.45. The number of amides is 1. The third-order valence-electron chi connectivity index (χ3n) is 5.56. The number of nitrogens with one attached hydrogen (secondary N) is 1. The number of rotatable bonds is 6. The molecule has 0 bridgehead atoms. The lowest BCUT2D eigenvalue weighted by atomic mass is 10.0. The molecule has 1 aromatic carbocycles. The van der Waals surface area contributed by atoms with Crippen LogP contribution in [0.1, 0.15) is 24.8 Å². The predicted molar refractivity (Wildman–Crippen MR) is 96.6 cm³/mol. The lowest BCUT2D eigenvalue weighted by Crippen LogP contribution is -2.49. The third-order valence-corrected chi connectivity index (χ3v) is 5.56. The first-order valence-corrected chi connectivity index (χ1v) is 9.48. The van der Waals surface area contributed by atoms with Crippen molar-refractivity contribution in [2.45, 2.75) is 50.3 Å². The molecule has 2 fully saturated rings. The van der Waals surface area contributed by atoms with Gasteiger partial charge in [0, 0.05) is 38.3 Å². The number of aliphatic hydroxyl groups is 1. The number of likely N-dealkylation sites (tertiary alicyclic amines) is 1. The van der Waals surface area contributed by atoms with Gasteiger partial charge in [-0.25, -0.2) is 0 Å². The number of carbonyl (C=O) groups excluding carboxylic acids is 1. The Morgan fingerprint density at radius 3 is 2.86 bits per heavy atom. The lowest BCUT2D eigenvalue weighted by Gasteiger charge is -2.33. The average Bonchev–Trinajstić information content (AvgIpc) is 2.98. The van der Waals surface area contributed by atoms with E-state index in [-0.39, 0.29) is 36.4 Å². The molecule has 0 aromatic heterocycles. The minimum Gasteiger partial charge on any atom is -0.406 e. The zero-order valence-electron chi connectivity index (χ0n) is 15.8. The largest absolute Gasteiger partial charge is 0.573 e. The first-order valence-electron chi connectivity index (χ1n) is 9.48. The summed E-state index contributed by atoms with van der Waals surface area (Å²) in [4.78, 5) is 16.9. The molecule has 1 amide bonds. The molecule has 0 aliphatic carbocycles. The maximum absolute atomic E-state index is 12.7. The molecule has 1 aromatic rings. The molecule has 0 radical (unpaired) electrons. The Balaban J connectivity index is 1.71. The van der Waals surface area contributed by atoms with Crippen LogP contribution in [0.25, 0.3) is 0 Å². The van der Waals surface area contributed by atoms with Gasteiger partial charge in [-0.2, -0.15) is 0 Å². The summed E-state index contributed by atoms with van der Waals surface area (Å²) in [6.45, 7) is 1.71. The Morgan fingerprint density at radius 2 is 2.14 bits per heavy atom. The molecule has 156 valence electrons. The quantitative estimate of drug-likeness (QED) is 0.760. The monoisotopic (exact) mass is 401 g/mol. The van der Waals surface area contributed by atoms with Gasteiger partial charge in [0.15, 0.2) is 0 Å². The van der Waals surface area contributed by atoms with Gasteiger partial charge in [0.2, 0.25) is 5.91 Å². The van der Waals surface area contributed by atoms with E-state index >= 15 is 0 Å². The fourth-order valence-corrected chi connectivity index (χ4v) is 4.23. The molecule has 3 atom stereocenters. The SMILES string of the molecule is CN1[C@@H](CCCO)CNC(=O)[C@@H]2[C@@H]1CCN2Cc1cccc(OC(F)(F)F)c1. The van der Waals surface area contributed by atoms with Gasteiger partial charge in [0.25, 0.3) is 0 Å². The summed E-state index contributed by atoms with van der Waals surface area (Å²) in [5, 5.41) is 12.1. The van der Waals surface area contributed by atoms with Crippen LogP contribution in [0, 0.1) is 0 Å². The molecule has 28 heavy (non-hydrogen) atoms. The highest BCUT2D eigenvalue weighted by Gasteiger charge is 2.44. The van der Waals surface area contributed by atoms with Gasteiger partial charge in [-0.05, 0) is 44.0 Å². The zero-order valence-corrected chi connectivity index (χ0v) is 15.8. The number of halogens is 3. The fraction of sp³-hybridized carbons (Fsp3) is 0.632. The topological polar surface area (TPSA) is 65.0 Å². The second-order valence-electron chi connectivity index (χ2n) is 7.40. The normalized spacial score (nSPS) is 26.6. The van der Waals surface area contributed by atoms with E-state index in [9.17, 15) is 18.0 Å². The molecular formula is C19H26F3N3O3. The first kappa shape index (κ1) is 20.9. The minimum atomic E-state index is -4.73. The Labute approximate surface area is 162 Å². The molecule has 6 nitrogen and oxygen atoms in total. The highest BCUT2D eigenvalue weighted by molar-refractivity contribution is 5.83. The standard InChI is InChI=1S/C19H26F3N3O3/c1-24-14(5-3-9-26)11-23-18(27)17-16(24)7-8-25(17)12-13-4-2-6-15(10-13)28-19(20,21)22/h2,4,6,10,14,16-17,26H,3,5,7-9,11-12H2,1H3,(H,23,27)/t14-,16-,17-/m0/s1. The van der Waals surface area contributed by atoms with Crippen molar-refractivity contribution >= 4 is 5.91 Å². The lowest BCUT2D eigenvalue weighted by molar-refractivity contribution is -0.274. The number of fused-ring (bicyclic) bond motifs is 1. The summed E-state index contributed by atoms with van der Waals surface area (Å²) < 4.78 is 41.4. The van der Waals surface area contributed by atoms with Crippen molar-refractivity contribution in [1.82, 2.24) is 15.1 Å². The van der Waals surface area contributed by atoms with E-state index < -0.39 is 6.36 Å². The smallest absolute Gasteiger partial charge is 0.406 e. The molecule has 9 heteroatoms. The van der Waals surface area contributed by atoms with Crippen molar-refractivity contribution in [3.05, 3.63) is 29.8 Å². The average molecular weight is 401 g/mol. The van der Waals surface area contributed by atoms with Crippen LogP contribution in [0.4, 0.5) is 13.2 Å². The van der Waals surface area contributed by atoms with Crippen LogP contribution >= 0.6 is 0 Å². The van der Waals surface area contributed by atoms with E-state index in [0.717, 1.165) is 12.8 Å². The van der Waals surface area contributed by atoms with Crippen LogP contribution in [-0.4, -0.2) is 72.0 Å². The van der Waals surface area contributed by atoms with Gasteiger partial charge in [-0.1, -0.05) is 12.1 Å². The fourth-order valence-electron chi connectivity index (χ4n) is 4.23. The number of likely N-dealkylation sites (N-methyl/N-ethyl adjacent to an activating group) is 1. The van der Waals surface area contributed by atoms with Crippen LogP contribution in [0.3, 0.4) is 0 Å². The molecule has 2 N–H and O–H groups in total. The first-order chi connectivity index (χ1) is 13.3. The van der Waals surface area contributed by atoms with Gasteiger partial charge in [-0.3, -0.25) is 14.6 Å². The Kier molecular flexibility index (Phi) is 6.47. The van der Waals surface area contributed by atoms with E-state index in [1.54, 1.807) is 6.07 Å². The summed E-state index contributed by atoms with van der Waals surface area (Å²) in [5.74, 6) is -0.309. The van der Waals surface area contributed by atoms with E-state index in [2.05, 4.69) is 15.0 Å². The minimum absolute atomic E-state index is 0.0424. The zero-order chi connectivity index (χ0) is 20.3. The number of carbonyl (C=O) groups is 1. The summed E-state index contributed by atoms with van der Waals surface area (Å²) in [7, 11) is 2.00. The predicted octanol–water partition coefficient (Wildman–Crippen LogP) is 1.73. The van der Waals surface area contributed by atoms with E-state index in [1.165, 1.54) is 18.2 Å². The molecule has 2 aliphatic heterocycles. The highest BCUT2D eigenvalue weighted by Crippen LogP contribution is 2.30. The van der Waals surface area contributed by atoms with Crippen LogP contribution in [0.2, 0.25) is 0 Å². The molecule has 3 rings (SSSR count). The molecule has 0 saturated carbocycles. The number of alkyl halides is 3. The number of ether oxygens (including phenoxy) is 1.